The second-order valence-corrected chi connectivity index (χ2v) is 4.85. The Balaban J connectivity index is 1.66. The van der Waals surface area contributed by atoms with Crippen molar-refractivity contribution in [2.75, 3.05) is 0 Å². The first-order valence-corrected chi connectivity index (χ1v) is 6.78. The molecule has 0 bridgehead atoms. The average molecular weight is 315 g/mol. The van der Waals surface area contributed by atoms with Gasteiger partial charge in [0.05, 0.1) is 11.1 Å². The highest BCUT2D eigenvalue weighted by Crippen LogP contribution is 2.25. The van der Waals surface area contributed by atoms with Gasteiger partial charge in [0.25, 0.3) is 11.8 Å². The molecule has 3 aromatic heterocycles. The van der Waals surface area contributed by atoms with Crippen LogP contribution in [-0.2, 0) is 11.3 Å². The predicted octanol–water partition coefficient (Wildman–Crippen LogP) is 1.94. The summed E-state index contributed by atoms with van der Waals surface area (Å²) in [5, 5.41) is 18.7. The number of hydrogen-bond donors (Lipinski definition) is 0. The highest BCUT2D eigenvalue weighted by molar-refractivity contribution is 5.88. The van der Waals surface area contributed by atoms with Gasteiger partial charge in [-0.25, -0.2) is 4.79 Å². The number of aromatic nitrogens is 3. The van der Waals surface area contributed by atoms with E-state index in [0.29, 0.717) is 21.9 Å². The first-order chi connectivity index (χ1) is 11.0. The molecular formula is C15H13N3O5. The van der Waals surface area contributed by atoms with Crippen LogP contribution in [0.15, 0.2) is 39.4 Å². The van der Waals surface area contributed by atoms with Crippen molar-refractivity contribution in [2.45, 2.75) is 20.5 Å². The van der Waals surface area contributed by atoms with Gasteiger partial charge in [-0.1, -0.05) is 0 Å². The molecule has 3 rings (SSSR count). The van der Waals surface area contributed by atoms with Gasteiger partial charge in [-0.05, 0) is 19.9 Å². The van der Waals surface area contributed by atoms with Crippen molar-refractivity contribution in [2.24, 2.45) is 0 Å². The van der Waals surface area contributed by atoms with Crippen LogP contribution in [0.3, 0.4) is 0 Å². The van der Waals surface area contributed by atoms with E-state index in [1.54, 1.807) is 13.0 Å². The number of nitrogens with zero attached hydrogens (tertiary/aromatic N) is 3. The van der Waals surface area contributed by atoms with Crippen LogP contribution in [0, 0.1) is 19.1 Å². The van der Waals surface area contributed by atoms with Gasteiger partial charge in [0, 0.05) is 12.1 Å². The fourth-order valence-electron chi connectivity index (χ4n) is 2.02. The minimum Gasteiger partial charge on any atom is -0.619 e. The lowest BCUT2D eigenvalue weighted by Gasteiger charge is -2.01. The molecule has 0 amide bonds. The van der Waals surface area contributed by atoms with Gasteiger partial charge in [0.1, 0.15) is 11.5 Å². The summed E-state index contributed by atoms with van der Waals surface area (Å²) >= 11 is 0. The average Bonchev–Trinajstić information content (AvgIpc) is 3.11. The normalized spacial score (nSPS) is 10.7. The molecule has 0 aliphatic heterocycles. The van der Waals surface area contributed by atoms with Crippen molar-refractivity contribution in [3.63, 3.8) is 0 Å². The van der Waals surface area contributed by atoms with Crippen LogP contribution < -0.4 is 4.73 Å². The van der Waals surface area contributed by atoms with Gasteiger partial charge in [-0.15, -0.1) is 10.2 Å². The zero-order chi connectivity index (χ0) is 16.4. The van der Waals surface area contributed by atoms with E-state index in [-0.39, 0.29) is 18.1 Å². The lowest BCUT2D eigenvalue weighted by molar-refractivity contribution is -0.605. The van der Waals surface area contributed by atoms with Gasteiger partial charge >= 0.3 is 5.97 Å². The maximum atomic E-state index is 11.8. The molecule has 3 heterocycles. The topological polar surface area (TPSA) is 105 Å². The summed E-state index contributed by atoms with van der Waals surface area (Å²) in [6.07, 6.45) is 2.43. The van der Waals surface area contributed by atoms with Crippen LogP contribution >= 0.6 is 0 Å². The van der Waals surface area contributed by atoms with Gasteiger partial charge in [0.2, 0.25) is 0 Å². The summed E-state index contributed by atoms with van der Waals surface area (Å²) in [5.41, 5.74) is 0.966. The molecule has 23 heavy (non-hydrogen) atoms. The largest absolute Gasteiger partial charge is 0.619 e. The summed E-state index contributed by atoms with van der Waals surface area (Å²) in [7, 11) is 0. The zero-order valence-corrected chi connectivity index (χ0v) is 12.5. The number of ether oxygens (including phenoxy) is 1. The van der Waals surface area contributed by atoms with Crippen LogP contribution in [0.4, 0.5) is 0 Å². The predicted molar refractivity (Wildman–Crippen MR) is 76.0 cm³/mol. The van der Waals surface area contributed by atoms with Gasteiger partial charge in [0.15, 0.2) is 19.0 Å². The van der Waals surface area contributed by atoms with E-state index in [9.17, 15) is 10.0 Å². The molecule has 8 nitrogen and oxygen atoms in total. The molecular weight excluding hydrogens is 302 g/mol. The van der Waals surface area contributed by atoms with Crippen LogP contribution in [0.2, 0.25) is 0 Å². The maximum absolute atomic E-state index is 11.8. The number of carbonyl (C=O) groups is 1. The molecule has 0 radical (unpaired) electrons. The van der Waals surface area contributed by atoms with Gasteiger partial charge in [-0.2, -0.15) is 4.73 Å². The molecule has 0 unspecified atom stereocenters. The summed E-state index contributed by atoms with van der Waals surface area (Å²) in [6.45, 7) is 3.46. The Morgan fingerprint density at radius 3 is 2.65 bits per heavy atom. The molecule has 0 N–H and O–H groups in total. The van der Waals surface area contributed by atoms with Crippen molar-refractivity contribution in [1.29, 1.82) is 0 Å². The van der Waals surface area contributed by atoms with Gasteiger partial charge in [-0.3, -0.25) is 0 Å². The third-order valence-electron chi connectivity index (χ3n) is 3.10. The van der Waals surface area contributed by atoms with E-state index < -0.39 is 5.97 Å². The number of hydrogen-bond acceptors (Lipinski definition) is 7. The third kappa shape index (κ3) is 3.20. The Hall–Kier alpha value is -3.16. The smallest absolute Gasteiger partial charge is 0.339 e. The van der Waals surface area contributed by atoms with E-state index in [2.05, 4.69) is 10.2 Å². The van der Waals surface area contributed by atoms with Crippen LogP contribution in [-0.4, -0.2) is 16.2 Å². The van der Waals surface area contributed by atoms with Crippen LogP contribution in [0.25, 0.3) is 11.5 Å². The SMILES string of the molecule is Cc1cc(-c2nnc(COC(=O)c3cc[n+]([O-])cc3)o2)c(C)o1. The molecule has 3 aromatic rings. The van der Waals surface area contributed by atoms with Crippen molar-refractivity contribution in [3.05, 3.63) is 58.8 Å². The number of rotatable bonds is 4. The van der Waals surface area contributed by atoms with Crippen molar-refractivity contribution in [1.82, 2.24) is 10.2 Å². The van der Waals surface area contributed by atoms with E-state index in [0.717, 1.165) is 5.76 Å². The summed E-state index contributed by atoms with van der Waals surface area (Å²) in [5.74, 6) is 1.30. The molecule has 8 heteroatoms. The summed E-state index contributed by atoms with van der Waals surface area (Å²) in [6, 6.07) is 4.53. The highest BCUT2D eigenvalue weighted by atomic mass is 16.5. The molecule has 0 aliphatic carbocycles. The fourth-order valence-corrected chi connectivity index (χ4v) is 2.02. The standard InChI is InChI=1S/C15H13N3O5/c1-9-7-12(10(2)22-9)14-17-16-13(23-14)8-21-15(19)11-3-5-18(20)6-4-11/h3-7H,8H2,1-2H3. The lowest BCUT2D eigenvalue weighted by atomic mass is 10.2. The maximum Gasteiger partial charge on any atom is 0.339 e. The molecule has 0 saturated heterocycles. The summed E-state index contributed by atoms with van der Waals surface area (Å²) in [4.78, 5) is 11.8. The molecule has 0 fully saturated rings. The number of pyridine rings is 1. The number of furan rings is 1. The third-order valence-corrected chi connectivity index (χ3v) is 3.10. The van der Waals surface area contributed by atoms with Crippen molar-refractivity contribution in [3.8, 4) is 11.5 Å². The lowest BCUT2D eigenvalue weighted by Crippen LogP contribution is -2.24. The Bertz CT molecular complexity index is 835. The fraction of sp³-hybridized carbons (Fsp3) is 0.200. The molecule has 118 valence electrons. The Morgan fingerprint density at radius 2 is 2.00 bits per heavy atom. The van der Waals surface area contributed by atoms with E-state index in [4.69, 9.17) is 13.6 Å². The first-order valence-electron chi connectivity index (χ1n) is 6.78. The van der Waals surface area contributed by atoms with Crippen LogP contribution in [0.1, 0.15) is 27.8 Å². The monoisotopic (exact) mass is 315 g/mol. The molecule has 0 aromatic carbocycles. The number of esters is 1. The molecule has 0 spiro atoms. The van der Waals surface area contributed by atoms with Crippen molar-refractivity contribution >= 4 is 5.97 Å². The Labute approximate surface area is 130 Å². The van der Waals surface area contributed by atoms with E-state index >= 15 is 0 Å². The second-order valence-electron chi connectivity index (χ2n) is 4.85. The molecule has 0 aliphatic rings. The Kier molecular flexibility index (Phi) is 3.80. The highest BCUT2D eigenvalue weighted by Gasteiger charge is 2.16. The van der Waals surface area contributed by atoms with E-state index in [1.807, 2.05) is 6.92 Å². The number of carbonyl (C=O) groups excluding carboxylic acids is 1. The second kappa shape index (κ2) is 5.91. The molecule has 0 saturated carbocycles. The summed E-state index contributed by atoms with van der Waals surface area (Å²) < 4.78 is 16.5. The van der Waals surface area contributed by atoms with E-state index in [1.165, 1.54) is 24.5 Å². The minimum absolute atomic E-state index is 0.159. The molecule has 0 atom stereocenters. The van der Waals surface area contributed by atoms with Crippen molar-refractivity contribution < 1.29 is 23.1 Å². The van der Waals surface area contributed by atoms with Crippen LogP contribution in [0.5, 0.6) is 0 Å². The zero-order valence-electron chi connectivity index (χ0n) is 12.5. The quantitative estimate of drug-likeness (QED) is 0.411. The first kappa shape index (κ1) is 14.8. The van der Waals surface area contributed by atoms with Gasteiger partial charge < -0.3 is 18.8 Å². The Morgan fingerprint density at radius 1 is 1.26 bits per heavy atom. The number of aryl methyl sites for hydroxylation is 2. The minimum atomic E-state index is -0.583.